The molecule has 0 aliphatic rings. The van der Waals surface area contributed by atoms with Crippen molar-refractivity contribution in [3.8, 4) is 0 Å². The van der Waals surface area contributed by atoms with Crippen LogP contribution in [0.2, 0.25) is 5.02 Å². The predicted octanol–water partition coefficient (Wildman–Crippen LogP) is 3.75. The van der Waals surface area contributed by atoms with Gasteiger partial charge in [0.2, 0.25) is 0 Å². The zero-order chi connectivity index (χ0) is 9.68. The van der Waals surface area contributed by atoms with Crippen molar-refractivity contribution in [3.63, 3.8) is 0 Å². The molecule has 0 heterocycles. The van der Waals surface area contributed by atoms with Crippen LogP contribution in [0.1, 0.15) is 17.5 Å². The summed E-state index contributed by atoms with van der Waals surface area (Å²) in [5.74, 6) is 0. The van der Waals surface area contributed by atoms with Crippen LogP contribution in [-0.2, 0) is 6.42 Å². The molecule has 1 rings (SSSR count). The van der Waals surface area contributed by atoms with E-state index in [9.17, 15) is 0 Å². The topological polar surface area (TPSA) is 12.0 Å². The number of hydrogen-bond acceptors (Lipinski definition) is 1. The fraction of sp³-hybridized carbons (Fsp3) is 0.400. The van der Waals surface area contributed by atoms with Gasteiger partial charge in [0, 0.05) is 11.6 Å². The lowest BCUT2D eigenvalue weighted by molar-refractivity contribution is 0.792. The zero-order valence-corrected chi connectivity index (χ0v) is 10.3. The summed E-state index contributed by atoms with van der Waals surface area (Å²) in [5, 5.41) is 0.856. The molecule has 1 nitrogen and oxygen atoms in total. The van der Waals surface area contributed by atoms with Gasteiger partial charge in [-0.1, -0.05) is 23.7 Å². The Morgan fingerprint density at radius 2 is 2.07 bits per heavy atom. The van der Waals surface area contributed by atoms with Crippen LogP contribution in [0.15, 0.2) is 18.2 Å². The zero-order valence-electron chi connectivity index (χ0n) is 8.02. The minimum Gasteiger partial charge on any atom is -0.234 e. The van der Waals surface area contributed by atoms with Crippen molar-refractivity contribution in [1.82, 2.24) is 4.84 Å². The van der Waals surface area contributed by atoms with E-state index in [1.54, 1.807) is 0 Å². The molecule has 0 spiro atoms. The van der Waals surface area contributed by atoms with Crippen LogP contribution >= 0.6 is 35.8 Å². The number of benzene rings is 1. The molecule has 0 aliphatic heterocycles. The van der Waals surface area contributed by atoms with E-state index in [-0.39, 0.29) is 12.4 Å². The largest absolute Gasteiger partial charge is 0.234 e. The Kier molecular flexibility index (Phi) is 7.38. The molecule has 0 radical (unpaired) electrons. The third-order valence-electron chi connectivity index (χ3n) is 1.93. The number of halogens is 3. The average molecular weight is 255 g/mol. The smallest absolute Gasteiger partial charge is 0.0440 e. The first-order valence-electron chi connectivity index (χ1n) is 4.32. The molecular formula is C10H14Cl3N. The molecule has 4 heteroatoms. The molecule has 14 heavy (non-hydrogen) atoms. The second-order valence-electron chi connectivity index (χ2n) is 3.08. The Hall–Kier alpha value is 0.0500. The van der Waals surface area contributed by atoms with Crippen molar-refractivity contribution in [2.75, 3.05) is 6.54 Å². The van der Waals surface area contributed by atoms with Gasteiger partial charge in [-0.3, -0.25) is 0 Å². The van der Waals surface area contributed by atoms with Gasteiger partial charge in [-0.15, -0.1) is 12.4 Å². The van der Waals surface area contributed by atoms with Gasteiger partial charge in [0.05, 0.1) is 0 Å². The fourth-order valence-corrected chi connectivity index (χ4v) is 1.66. The van der Waals surface area contributed by atoms with Crippen LogP contribution in [0, 0.1) is 6.92 Å². The average Bonchev–Trinajstić information content (AvgIpc) is 2.09. The summed E-state index contributed by atoms with van der Waals surface area (Å²) in [5.41, 5.74) is 2.39. The Bertz CT molecular complexity index is 276. The fourth-order valence-electron chi connectivity index (χ4n) is 1.20. The highest BCUT2D eigenvalue weighted by molar-refractivity contribution is 6.31. The Balaban J connectivity index is 0.00000169. The number of nitrogens with one attached hydrogen (secondary N) is 1. The SMILES string of the molecule is Cc1ccc(CCCNCl)c(Cl)c1.Cl. The second-order valence-corrected chi connectivity index (χ2v) is 3.76. The lowest BCUT2D eigenvalue weighted by Crippen LogP contribution is -2.02. The Labute approximate surface area is 101 Å². The normalized spacial score (nSPS) is 9.64. The maximum atomic E-state index is 6.06. The summed E-state index contributed by atoms with van der Waals surface area (Å²) in [6.07, 6.45) is 1.98. The van der Waals surface area contributed by atoms with Crippen molar-refractivity contribution >= 4 is 35.8 Å². The number of aryl methyl sites for hydroxylation is 2. The van der Waals surface area contributed by atoms with Gasteiger partial charge in [0.15, 0.2) is 0 Å². The molecule has 0 atom stereocenters. The summed E-state index contributed by atoms with van der Waals surface area (Å²) in [6.45, 7) is 2.85. The first kappa shape index (κ1) is 14.1. The van der Waals surface area contributed by atoms with Crippen molar-refractivity contribution in [3.05, 3.63) is 34.3 Å². The van der Waals surface area contributed by atoms with Gasteiger partial charge < -0.3 is 0 Å². The van der Waals surface area contributed by atoms with E-state index in [1.807, 2.05) is 13.0 Å². The van der Waals surface area contributed by atoms with Crippen LogP contribution in [-0.4, -0.2) is 6.54 Å². The van der Waals surface area contributed by atoms with Gasteiger partial charge in [-0.2, -0.15) is 0 Å². The summed E-state index contributed by atoms with van der Waals surface area (Å²) >= 11 is 11.4. The first-order chi connectivity index (χ1) is 6.24. The van der Waals surface area contributed by atoms with Crippen LogP contribution in [0.3, 0.4) is 0 Å². The van der Waals surface area contributed by atoms with Crippen molar-refractivity contribution in [2.24, 2.45) is 0 Å². The van der Waals surface area contributed by atoms with Crippen molar-refractivity contribution < 1.29 is 0 Å². The van der Waals surface area contributed by atoms with E-state index < -0.39 is 0 Å². The van der Waals surface area contributed by atoms with E-state index in [0.717, 1.165) is 24.4 Å². The molecule has 0 fully saturated rings. The van der Waals surface area contributed by atoms with Crippen LogP contribution in [0.25, 0.3) is 0 Å². The van der Waals surface area contributed by atoms with Crippen LogP contribution < -0.4 is 4.84 Å². The molecule has 0 amide bonds. The van der Waals surface area contributed by atoms with E-state index >= 15 is 0 Å². The van der Waals surface area contributed by atoms with Crippen LogP contribution in [0.4, 0.5) is 0 Å². The molecule has 0 aliphatic carbocycles. The highest BCUT2D eigenvalue weighted by Gasteiger charge is 1.99. The number of rotatable bonds is 4. The van der Waals surface area contributed by atoms with Crippen LogP contribution in [0.5, 0.6) is 0 Å². The summed E-state index contributed by atoms with van der Waals surface area (Å²) in [4.78, 5) is 2.60. The summed E-state index contributed by atoms with van der Waals surface area (Å²) in [7, 11) is 0. The third-order valence-corrected chi connectivity index (χ3v) is 2.47. The van der Waals surface area contributed by atoms with E-state index in [1.165, 1.54) is 11.1 Å². The van der Waals surface area contributed by atoms with Gasteiger partial charge >= 0.3 is 0 Å². The lowest BCUT2D eigenvalue weighted by atomic mass is 10.1. The Morgan fingerprint density at radius 3 is 2.64 bits per heavy atom. The van der Waals surface area contributed by atoms with Gasteiger partial charge in [0.25, 0.3) is 0 Å². The highest BCUT2D eigenvalue weighted by atomic mass is 35.5. The van der Waals surface area contributed by atoms with Gasteiger partial charge in [-0.25, -0.2) is 4.84 Å². The summed E-state index contributed by atoms with van der Waals surface area (Å²) in [6, 6.07) is 6.15. The quantitative estimate of drug-likeness (QED) is 0.637. The molecule has 80 valence electrons. The van der Waals surface area contributed by atoms with E-state index in [2.05, 4.69) is 17.0 Å². The lowest BCUT2D eigenvalue weighted by Gasteiger charge is -2.04. The molecule has 1 aromatic rings. The highest BCUT2D eigenvalue weighted by Crippen LogP contribution is 2.18. The molecule has 1 aromatic carbocycles. The molecular weight excluding hydrogens is 240 g/mol. The standard InChI is InChI=1S/C10H13Cl2N.ClH/c1-8-4-5-9(10(11)7-8)3-2-6-13-12;/h4-5,7,13H,2-3,6H2,1H3;1H. The first-order valence-corrected chi connectivity index (χ1v) is 5.08. The number of hydrogen-bond donors (Lipinski definition) is 1. The van der Waals surface area contributed by atoms with Crippen molar-refractivity contribution in [2.45, 2.75) is 19.8 Å². The molecule has 0 saturated heterocycles. The molecule has 0 bridgehead atoms. The predicted molar refractivity (Wildman–Crippen MR) is 65.6 cm³/mol. The summed E-state index contributed by atoms with van der Waals surface area (Å²) < 4.78 is 0. The van der Waals surface area contributed by atoms with Crippen molar-refractivity contribution in [1.29, 1.82) is 0 Å². The minimum atomic E-state index is 0. The maximum Gasteiger partial charge on any atom is 0.0440 e. The Morgan fingerprint density at radius 1 is 1.36 bits per heavy atom. The van der Waals surface area contributed by atoms with Gasteiger partial charge in [0.1, 0.15) is 0 Å². The van der Waals surface area contributed by atoms with Gasteiger partial charge in [-0.05, 0) is 48.7 Å². The second kappa shape index (κ2) is 7.36. The molecule has 1 N–H and O–H groups in total. The monoisotopic (exact) mass is 253 g/mol. The molecule has 0 unspecified atom stereocenters. The minimum absolute atomic E-state index is 0. The molecule has 0 aromatic heterocycles. The third kappa shape index (κ3) is 4.52. The van der Waals surface area contributed by atoms with E-state index in [4.69, 9.17) is 23.4 Å². The van der Waals surface area contributed by atoms with E-state index in [0.29, 0.717) is 0 Å². The maximum absolute atomic E-state index is 6.06. The molecule has 0 saturated carbocycles.